The number of hydrogen-bond acceptors (Lipinski definition) is 2. The first-order valence-corrected chi connectivity index (χ1v) is 8.95. The van der Waals surface area contributed by atoms with E-state index in [0.717, 1.165) is 33.9 Å². The lowest BCUT2D eigenvalue weighted by Gasteiger charge is -2.10. The minimum absolute atomic E-state index is 0.839. The first kappa shape index (κ1) is 15.6. The van der Waals surface area contributed by atoms with Crippen LogP contribution in [0.4, 0.5) is 0 Å². The largest absolute Gasteiger partial charge is 0.497 e. The van der Waals surface area contributed by atoms with Crippen molar-refractivity contribution >= 4 is 21.8 Å². The molecule has 5 rings (SSSR count). The van der Waals surface area contributed by atoms with Gasteiger partial charge in [-0.1, -0.05) is 48.5 Å². The molecule has 1 heterocycles. The molecule has 0 aliphatic carbocycles. The number of benzene rings is 4. The average Bonchev–Trinajstić information content (AvgIpc) is 3.14. The van der Waals surface area contributed by atoms with E-state index in [0.29, 0.717) is 0 Å². The van der Waals surface area contributed by atoms with Crippen molar-refractivity contribution in [2.45, 2.75) is 0 Å². The maximum absolute atomic E-state index is 5.31. The monoisotopic (exact) mass is 350 g/mol. The molecule has 1 aromatic heterocycles. The van der Waals surface area contributed by atoms with Crippen molar-refractivity contribution in [1.29, 1.82) is 0 Å². The fourth-order valence-corrected chi connectivity index (χ4v) is 3.58. The van der Waals surface area contributed by atoms with Crippen molar-refractivity contribution < 1.29 is 4.74 Å². The Hall–Kier alpha value is -3.59. The summed E-state index contributed by atoms with van der Waals surface area (Å²) in [6, 6.07) is 31.1. The number of para-hydroxylation sites is 1. The number of fused-ring (bicyclic) bond motifs is 3. The van der Waals surface area contributed by atoms with Crippen LogP contribution in [0.1, 0.15) is 0 Å². The topological polar surface area (TPSA) is 27.1 Å². The maximum Gasteiger partial charge on any atom is 0.145 e. The lowest BCUT2D eigenvalue weighted by molar-refractivity contribution is 0.415. The Morgan fingerprint density at radius 1 is 0.741 bits per heavy atom. The molecule has 0 unspecified atom stereocenters. The fourth-order valence-electron chi connectivity index (χ4n) is 3.58. The van der Waals surface area contributed by atoms with E-state index in [9.17, 15) is 0 Å². The lowest BCUT2D eigenvalue weighted by atomic mass is 10.1. The van der Waals surface area contributed by atoms with E-state index in [1.807, 2.05) is 18.2 Å². The van der Waals surface area contributed by atoms with Gasteiger partial charge in [-0.15, -0.1) is 0 Å². The number of methoxy groups -OCH3 is 1. The average molecular weight is 350 g/mol. The lowest BCUT2D eigenvalue weighted by Crippen LogP contribution is -1.97. The van der Waals surface area contributed by atoms with E-state index in [1.54, 1.807) is 7.11 Å². The second kappa shape index (κ2) is 6.29. The SMILES string of the molecule is COc1ccc(-c2nc3c4ccccc4ccc3n2-c2ccccc2)cc1. The van der Waals surface area contributed by atoms with Gasteiger partial charge in [0.2, 0.25) is 0 Å². The van der Waals surface area contributed by atoms with Crippen molar-refractivity contribution in [1.82, 2.24) is 9.55 Å². The second-order valence-electron chi connectivity index (χ2n) is 6.49. The van der Waals surface area contributed by atoms with Crippen LogP contribution in [-0.2, 0) is 0 Å². The van der Waals surface area contributed by atoms with Crippen LogP contribution < -0.4 is 4.74 Å². The van der Waals surface area contributed by atoms with Crippen LogP contribution in [0.5, 0.6) is 5.75 Å². The molecule has 5 aromatic rings. The summed E-state index contributed by atoms with van der Waals surface area (Å²) in [5.74, 6) is 1.77. The molecule has 0 aliphatic rings. The molecule has 0 spiro atoms. The molecule has 0 fully saturated rings. The molecule has 0 atom stereocenters. The molecule has 0 bridgehead atoms. The molecule has 0 saturated carbocycles. The first-order valence-electron chi connectivity index (χ1n) is 8.95. The first-order chi connectivity index (χ1) is 13.3. The Balaban J connectivity index is 1.86. The van der Waals surface area contributed by atoms with Gasteiger partial charge in [0.25, 0.3) is 0 Å². The summed E-state index contributed by atoms with van der Waals surface area (Å²) >= 11 is 0. The second-order valence-corrected chi connectivity index (χ2v) is 6.49. The van der Waals surface area contributed by atoms with Gasteiger partial charge in [-0.25, -0.2) is 4.98 Å². The third kappa shape index (κ3) is 2.56. The van der Waals surface area contributed by atoms with Crippen LogP contribution in [0.2, 0.25) is 0 Å². The number of rotatable bonds is 3. The van der Waals surface area contributed by atoms with E-state index in [1.165, 1.54) is 10.8 Å². The predicted molar refractivity (Wildman–Crippen MR) is 111 cm³/mol. The summed E-state index contributed by atoms with van der Waals surface area (Å²) in [6.07, 6.45) is 0. The van der Waals surface area contributed by atoms with Crippen molar-refractivity contribution in [3.8, 4) is 22.8 Å². The van der Waals surface area contributed by atoms with Crippen molar-refractivity contribution in [3.63, 3.8) is 0 Å². The van der Waals surface area contributed by atoms with Crippen molar-refractivity contribution in [3.05, 3.63) is 91.0 Å². The normalized spacial score (nSPS) is 11.1. The molecule has 0 aliphatic heterocycles. The van der Waals surface area contributed by atoms with Crippen LogP contribution in [0, 0.1) is 0 Å². The maximum atomic E-state index is 5.31. The van der Waals surface area contributed by atoms with Crippen LogP contribution >= 0.6 is 0 Å². The summed E-state index contributed by atoms with van der Waals surface area (Å²) in [5, 5.41) is 2.36. The van der Waals surface area contributed by atoms with Gasteiger partial charge >= 0.3 is 0 Å². The van der Waals surface area contributed by atoms with Gasteiger partial charge in [0.1, 0.15) is 11.6 Å². The third-order valence-corrected chi connectivity index (χ3v) is 4.91. The Labute approximate surface area is 157 Å². The Morgan fingerprint density at radius 2 is 1.48 bits per heavy atom. The van der Waals surface area contributed by atoms with Gasteiger partial charge in [0.15, 0.2) is 0 Å². The number of nitrogens with zero attached hydrogens (tertiary/aromatic N) is 2. The predicted octanol–water partition coefficient (Wildman–Crippen LogP) is 5.85. The van der Waals surface area contributed by atoms with Crippen molar-refractivity contribution in [2.75, 3.05) is 7.11 Å². The molecule has 130 valence electrons. The molecular weight excluding hydrogens is 332 g/mol. The number of aromatic nitrogens is 2. The molecule has 27 heavy (non-hydrogen) atoms. The van der Waals surface area contributed by atoms with E-state index in [4.69, 9.17) is 9.72 Å². The summed E-state index contributed by atoms with van der Waals surface area (Å²) in [7, 11) is 1.68. The van der Waals surface area contributed by atoms with Crippen LogP contribution in [0.25, 0.3) is 38.9 Å². The summed E-state index contributed by atoms with van der Waals surface area (Å²) in [6.45, 7) is 0. The molecule has 0 amide bonds. The summed E-state index contributed by atoms with van der Waals surface area (Å²) in [5.41, 5.74) is 4.27. The van der Waals surface area contributed by atoms with E-state index >= 15 is 0 Å². The van der Waals surface area contributed by atoms with E-state index in [2.05, 4.69) is 77.4 Å². The molecule has 3 heteroatoms. The van der Waals surface area contributed by atoms with Gasteiger partial charge in [0.05, 0.1) is 18.1 Å². The molecule has 4 aromatic carbocycles. The van der Waals surface area contributed by atoms with Gasteiger partial charge < -0.3 is 4.74 Å². The highest BCUT2D eigenvalue weighted by atomic mass is 16.5. The Bertz CT molecular complexity index is 1240. The molecule has 0 radical (unpaired) electrons. The molecular formula is C24H18N2O. The van der Waals surface area contributed by atoms with Crippen molar-refractivity contribution in [2.24, 2.45) is 0 Å². The minimum atomic E-state index is 0.839. The quantitative estimate of drug-likeness (QED) is 0.408. The zero-order valence-corrected chi connectivity index (χ0v) is 15.0. The zero-order valence-electron chi connectivity index (χ0n) is 15.0. The van der Waals surface area contributed by atoms with Gasteiger partial charge in [-0.05, 0) is 47.9 Å². The third-order valence-electron chi connectivity index (χ3n) is 4.91. The smallest absolute Gasteiger partial charge is 0.145 e. The van der Waals surface area contributed by atoms with Gasteiger partial charge in [-0.3, -0.25) is 4.57 Å². The van der Waals surface area contributed by atoms with E-state index in [-0.39, 0.29) is 0 Å². The minimum Gasteiger partial charge on any atom is -0.497 e. The molecule has 0 saturated heterocycles. The molecule has 0 N–H and O–H groups in total. The van der Waals surface area contributed by atoms with E-state index < -0.39 is 0 Å². The Kier molecular flexibility index (Phi) is 3.65. The summed E-state index contributed by atoms with van der Waals surface area (Å²) in [4.78, 5) is 5.07. The number of ether oxygens (including phenoxy) is 1. The fraction of sp³-hybridized carbons (Fsp3) is 0.0417. The standard InChI is InChI=1S/C24H18N2O/c1-27-20-14-11-18(12-15-20)24-25-23-21-10-6-5-7-17(21)13-16-22(23)26(24)19-8-3-2-4-9-19/h2-16H,1H3. The highest BCUT2D eigenvalue weighted by Crippen LogP contribution is 2.33. The van der Waals surface area contributed by atoms with Crippen LogP contribution in [0.15, 0.2) is 91.0 Å². The number of hydrogen-bond donors (Lipinski definition) is 0. The van der Waals surface area contributed by atoms with Gasteiger partial charge in [-0.2, -0.15) is 0 Å². The zero-order chi connectivity index (χ0) is 18.2. The highest BCUT2D eigenvalue weighted by molar-refractivity contribution is 6.05. The van der Waals surface area contributed by atoms with Crippen LogP contribution in [-0.4, -0.2) is 16.7 Å². The Morgan fingerprint density at radius 3 is 2.26 bits per heavy atom. The highest BCUT2D eigenvalue weighted by Gasteiger charge is 2.16. The summed E-state index contributed by atoms with van der Waals surface area (Å²) < 4.78 is 7.54. The molecule has 3 nitrogen and oxygen atoms in total. The number of imidazole rings is 1. The van der Waals surface area contributed by atoms with Gasteiger partial charge in [0, 0.05) is 16.6 Å². The van der Waals surface area contributed by atoms with Crippen LogP contribution in [0.3, 0.4) is 0 Å².